The molecule has 0 radical (unpaired) electrons. The molecule has 2 atom stereocenters. The third-order valence-corrected chi connectivity index (χ3v) is 4.75. The number of thiazole rings is 1. The monoisotopic (exact) mass is 326 g/mol. The number of anilines is 1. The lowest BCUT2D eigenvalue weighted by atomic mass is 9.84. The Labute approximate surface area is 134 Å². The first-order valence-electron chi connectivity index (χ1n) is 7.05. The molecule has 0 bridgehead atoms. The molecule has 1 aromatic heterocycles. The topological polar surface area (TPSA) is 87.4 Å². The van der Waals surface area contributed by atoms with E-state index in [0.29, 0.717) is 23.0 Å². The van der Waals surface area contributed by atoms with Crippen molar-refractivity contribution in [2.75, 3.05) is 19.4 Å². The van der Waals surface area contributed by atoms with Crippen molar-refractivity contribution in [3.05, 3.63) is 11.1 Å². The molecule has 0 aromatic carbocycles. The highest BCUT2D eigenvalue weighted by Gasteiger charge is 2.25. The zero-order valence-corrected chi connectivity index (χ0v) is 14.0. The number of aromatic nitrogens is 1. The fourth-order valence-corrected chi connectivity index (χ4v) is 3.51. The maximum Gasteiger partial charge on any atom is 0.194 e. The molecule has 6 nitrogen and oxygen atoms in total. The second kappa shape index (κ2) is 7.56. The summed E-state index contributed by atoms with van der Waals surface area (Å²) in [6.45, 7) is 0. The average Bonchev–Trinajstić information content (AvgIpc) is 2.95. The van der Waals surface area contributed by atoms with Crippen molar-refractivity contribution in [1.29, 1.82) is 0 Å². The number of hydrogen-bond acceptors (Lipinski definition) is 4. The largest absolute Gasteiger partial charge is 0.370 e. The molecule has 0 spiro atoms. The third kappa shape index (κ3) is 4.53. The summed E-state index contributed by atoms with van der Waals surface area (Å²) >= 11 is 6.75. The maximum absolute atomic E-state index is 5.66. The van der Waals surface area contributed by atoms with Crippen LogP contribution in [-0.2, 0) is 0 Å². The van der Waals surface area contributed by atoms with Crippen molar-refractivity contribution in [3.8, 4) is 0 Å². The molecular weight excluding hydrogens is 304 g/mol. The summed E-state index contributed by atoms with van der Waals surface area (Å²) in [4.78, 5) is 8.50. The van der Waals surface area contributed by atoms with E-state index in [-0.39, 0.29) is 0 Å². The second-order valence-electron chi connectivity index (χ2n) is 5.10. The number of hydrogen-bond donors (Lipinski definition) is 4. The van der Waals surface area contributed by atoms with Gasteiger partial charge in [-0.3, -0.25) is 4.99 Å². The van der Waals surface area contributed by atoms with Gasteiger partial charge in [0.1, 0.15) is 0 Å². The van der Waals surface area contributed by atoms with Gasteiger partial charge >= 0.3 is 0 Å². The Bertz CT molecular complexity index is 513. The van der Waals surface area contributed by atoms with E-state index >= 15 is 0 Å². The van der Waals surface area contributed by atoms with Crippen LogP contribution in [0.4, 0.5) is 5.13 Å². The molecule has 116 valence electrons. The van der Waals surface area contributed by atoms with Crippen molar-refractivity contribution in [2.45, 2.75) is 37.6 Å². The van der Waals surface area contributed by atoms with Gasteiger partial charge in [-0.15, -0.1) is 11.3 Å². The molecular formula is C13H22N6S2. The summed E-state index contributed by atoms with van der Waals surface area (Å²) in [6, 6.07) is 0.420. The summed E-state index contributed by atoms with van der Waals surface area (Å²) in [5, 5.41) is 12.9. The molecule has 0 saturated heterocycles. The summed E-state index contributed by atoms with van der Waals surface area (Å²) in [7, 11) is 3.49. The molecule has 1 heterocycles. The van der Waals surface area contributed by atoms with Crippen molar-refractivity contribution in [1.82, 2.24) is 15.6 Å². The van der Waals surface area contributed by atoms with Crippen LogP contribution in [0.1, 0.15) is 37.3 Å². The Kier molecular flexibility index (Phi) is 5.75. The molecule has 5 N–H and O–H groups in total. The lowest BCUT2D eigenvalue weighted by molar-refractivity contribution is 0.366. The molecule has 1 fully saturated rings. The number of rotatable bonds is 3. The molecule has 2 rings (SSSR count). The van der Waals surface area contributed by atoms with Crippen LogP contribution >= 0.6 is 23.6 Å². The number of guanidine groups is 1. The molecule has 8 heteroatoms. The van der Waals surface area contributed by atoms with Crippen LogP contribution < -0.4 is 21.7 Å². The van der Waals surface area contributed by atoms with Crippen molar-refractivity contribution in [2.24, 2.45) is 10.7 Å². The summed E-state index contributed by atoms with van der Waals surface area (Å²) < 4.78 is 0. The lowest BCUT2D eigenvalue weighted by Crippen LogP contribution is -2.42. The highest BCUT2D eigenvalue weighted by Crippen LogP contribution is 2.34. The number of thiocarbonyl (C=S) groups is 1. The highest BCUT2D eigenvalue weighted by atomic mass is 32.1. The van der Waals surface area contributed by atoms with E-state index in [1.165, 1.54) is 12.8 Å². The third-order valence-electron chi connectivity index (χ3n) is 3.65. The zero-order valence-electron chi connectivity index (χ0n) is 12.3. The Morgan fingerprint density at radius 3 is 3.05 bits per heavy atom. The van der Waals surface area contributed by atoms with Crippen molar-refractivity contribution in [3.63, 3.8) is 0 Å². The molecule has 0 aliphatic heterocycles. The molecule has 1 aromatic rings. The summed E-state index contributed by atoms with van der Waals surface area (Å²) in [6.07, 6.45) is 4.57. The molecule has 2 unspecified atom stereocenters. The average molecular weight is 326 g/mol. The highest BCUT2D eigenvalue weighted by molar-refractivity contribution is 7.80. The predicted octanol–water partition coefficient (Wildman–Crippen LogP) is 1.62. The fourth-order valence-electron chi connectivity index (χ4n) is 2.54. The van der Waals surface area contributed by atoms with Crippen molar-refractivity contribution < 1.29 is 0 Å². The number of nitrogens with zero attached hydrogens (tertiary/aromatic N) is 2. The first-order chi connectivity index (χ1) is 10.1. The number of aliphatic imine (C=N–C) groups is 1. The van der Waals surface area contributed by atoms with E-state index in [9.17, 15) is 0 Å². The van der Waals surface area contributed by atoms with Gasteiger partial charge in [-0.05, 0) is 31.5 Å². The van der Waals surface area contributed by atoms with Crippen LogP contribution in [0.25, 0.3) is 0 Å². The molecule has 1 saturated carbocycles. The van der Waals surface area contributed by atoms with E-state index < -0.39 is 0 Å². The van der Waals surface area contributed by atoms with E-state index in [1.54, 1.807) is 18.4 Å². The Balaban J connectivity index is 1.96. The minimum Gasteiger partial charge on any atom is -0.370 e. The van der Waals surface area contributed by atoms with E-state index in [1.807, 2.05) is 7.05 Å². The smallest absolute Gasteiger partial charge is 0.194 e. The molecule has 0 amide bonds. The van der Waals surface area contributed by atoms with E-state index in [2.05, 4.69) is 31.3 Å². The normalized spacial score (nSPS) is 22.7. The number of nitrogens with one attached hydrogen (secondary N) is 3. The van der Waals surface area contributed by atoms with E-state index in [4.69, 9.17) is 18.0 Å². The maximum atomic E-state index is 5.66. The van der Waals surface area contributed by atoms with Gasteiger partial charge < -0.3 is 21.7 Å². The van der Waals surface area contributed by atoms with Gasteiger partial charge in [0.2, 0.25) is 0 Å². The van der Waals surface area contributed by atoms with Crippen LogP contribution in [0.15, 0.2) is 10.4 Å². The summed E-state index contributed by atoms with van der Waals surface area (Å²) in [5.41, 5.74) is 6.79. The Morgan fingerprint density at radius 1 is 1.52 bits per heavy atom. The van der Waals surface area contributed by atoms with Gasteiger partial charge in [-0.1, -0.05) is 6.42 Å². The van der Waals surface area contributed by atoms with Crippen LogP contribution in [0.5, 0.6) is 0 Å². The Morgan fingerprint density at radius 2 is 2.33 bits per heavy atom. The Hall–Kier alpha value is -1.41. The van der Waals surface area contributed by atoms with Gasteiger partial charge in [-0.25, -0.2) is 4.98 Å². The second-order valence-corrected chi connectivity index (χ2v) is 6.36. The van der Waals surface area contributed by atoms with Crippen LogP contribution in [0.3, 0.4) is 0 Å². The van der Waals surface area contributed by atoms with Gasteiger partial charge in [0.15, 0.2) is 16.2 Å². The van der Waals surface area contributed by atoms with Gasteiger partial charge in [0.05, 0.1) is 5.69 Å². The van der Waals surface area contributed by atoms with E-state index in [0.717, 1.165) is 23.7 Å². The SMILES string of the molecule is C/N=C(/N)Nc1nc(C2CCCC(NC(=S)NC)C2)cs1. The van der Waals surface area contributed by atoms with Crippen molar-refractivity contribution >= 4 is 39.8 Å². The molecule has 21 heavy (non-hydrogen) atoms. The zero-order chi connectivity index (χ0) is 15.2. The first-order valence-corrected chi connectivity index (χ1v) is 8.34. The quantitative estimate of drug-likeness (QED) is 0.384. The summed E-state index contributed by atoms with van der Waals surface area (Å²) in [5.74, 6) is 0.862. The minimum atomic E-state index is 0.387. The standard InChI is InChI=1S/C13H22N6S2/c1-15-11(14)19-13-18-10(7-21-13)8-4-3-5-9(6-8)17-12(20)16-2/h7-9H,3-6H2,1-2H3,(H2,16,17,20)(H3,14,15,18,19). The predicted molar refractivity (Wildman–Crippen MR) is 93.1 cm³/mol. The molecule has 1 aliphatic rings. The minimum absolute atomic E-state index is 0.387. The van der Waals surface area contributed by atoms with Crippen LogP contribution in [0, 0.1) is 0 Å². The van der Waals surface area contributed by atoms with Gasteiger partial charge in [0.25, 0.3) is 0 Å². The lowest BCUT2D eigenvalue weighted by Gasteiger charge is -2.29. The van der Waals surface area contributed by atoms with Gasteiger partial charge in [-0.2, -0.15) is 0 Å². The van der Waals surface area contributed by atoms with Crippen LogP contribution in [0.2, 0.25) is 0 Å². The van der Waals surface area contributed by atoms with Gasteiger partial charge in [0, 0.05) is 31.4 Å². The fraction of sp³-hybridized carbons (Fsp3) is 0.615. The van der Waals surface area contributed by atoms with Crippen LogP contribution in [-0.4, -0.2) is 36.2 Å². The first kappa shape index (κ1) is 16.0. The molecule has 1 aliphatic carbocycles. The number of nitrogens with two attached hydrogens (primary N) is 1.